The fraction of sp³-hybridized carbons (Fsp3) is 0.444. The van der Waals surface area contributed by atoms with Gasteiger partial charge in [-0.05, 0) is 18.4 Å². The van der Waals surface area contributed by atoms with Crippen LogP contribution in [0.5, 0.6) is 0 Å². The van der Waals surface area contributed by atoms with Crippen LogP contribution in [0.4, 0.5) is 13.2 Å². The molecule has 0 fully saturated rings. The zero-order valence-electron chi connectivity index (χ0n) is 8.28. The number of rotatable bonds is 4. The van der Waals surface area contributed by atoms with Crippen LogP contribution >= 0.6 is 11.3 Å². The SMILES string of the molecule is C[C@@H](NC(c1cccs1)C(F)(F)F)C(=O)O. The van der Waals surface area contributed by atoms with Gasteiger partial charge in [-0.25, -0.2) is 0 Å². The molecule has 0 spiro atoms. The third-order valence-corrected chi connectivity index (χ3v) is 2.88. The Hall–Kier alpha value is -1.08. The van der Waals surface area contributed by atoms with E-state index in [-0.39, 0.29) is 4.88 Å². The first kappa shape index (κ1) is 13.0. The van der Waals surface area contributed by atoms with Crippen molar-refractivity contribution in [3.63, 3.8) is 0 Å². The smallest absolute Gasteiger partial charge is 0.408 e. The van der Waals surface area contributed by atoms with Crippen molar-refractivity contribution in [2.24, 2.45) is 0 Å². The standard InChI is InChI=1S/C9H10F3NO2S/c1-5(8(14)15)13-7(9(10,11)12)6-3-2-4-16-6/h2-5,7,13H,1H3,(H,14,15)/t5-,7?/m1/s1. The van der Waals surface area contributed by atoms with Gasteiger partial charge in [0.15, 0.2) is 0 Å². The molecule has 1 unspecified atom stereocenters. The Morgan fingerprint density at radius 2 is 2.19 bits per heavy atom. The van der Waals surface area contributed by atoms with E-state index in [1.54, 1.807) is 0 Å². The lowest BCUT2D eigenvalue weighted by Gasteiger charge is -2.22. The molecule has 1 rings (SSSR count). The summed E-state index contributed by atoms with van der Waals surface area (Å²) >= 11 is 0.936. The van der Waals surface area contributed by atoms with Gasteiger partial charge < -0.3 is 5.11 Å². The van der Waals surface area contributed by atoms with Crippen molar-refractivity contribution in [2.45, 2.75) is 25.2 Å². The van der Waals surface area contributed by atoms with Gasteiger partial charge >= 0.3 is 12.1 Å². The third kappa shape index (κ3) is 3.21. The van der Waals surface area contributed by atoms with Crippen LogP contribution in [0.25, 0.3) is 0 Å². The second kappa shape index (κ2) is 4.84. The van der Waals surface area contributed by atoms with E-state index in [9.17, 15) is 18.0 Å². The molecule has 2 N–H and O–H groups in total. The summed E-state index contributed by atoms with van der Waals surface area (Å²) in [6.07, 6.45) is -4.51. The van der Waals surface area contributed by atoms with Gasteiger partial charge in [-0.15, -0.1) is 11.3 Å². The molecule has 1 heterocycles. The summed E-state index contributed by atoms with van der Waals surface area (Å²) in [5, 5.41) is 12.1. The summed E-state index contributed by atoms with van der Waals surface area (Å²) in [7, 11) is 0. The zero-order valence-corrected chi connectivity index (χ0v) is 9.10. The van der Waals surface area contributed by atoms with Gasteiger partial charge in [-0.1, -0.05) is 6.07 Å². The number of aliphatic carboxylic acids is 1. The van der Waals surface area contributed by atoms with Crippen LogP contribution in [0.2, 0.25) is 0 Å². The molecule has 0 saturated heterocycles. The Kier molecular flexibility index (Phi) is 3.93. The molecule has 1 aromatic rings. The molecule has 0 saturated carbocycles. The van der Waals surface area contributed by atoms with E-state index in [1.165, 1.54) is 24.4 Å². The highest BCUT2D eigenvalue weighted by Gasteiger charge is 2.42. The van der Waals surface area contributed by atoms with Crippen molar-refractivity contribution in [2.75, 3.05) is 0 Å². The molecule has 0 aliphatic heterocycles. The van der Waals surface area contributed by atoms with Crippen LogP contribution in [0.15, 0.2) is 17.5 Å². The maximum Gasteiger partial charge on any atom is 0.408 e. The van der Waals surface area contributed by atoms with E-state index in [4.69, 9.17) is 5.11 Å². The van der Waals surface area contributed by atoms with Crippen molar-refractivity contribution in [1.82, 2.24) is 5.32 Å². The summed E-state index contributed by atoms with van der Waals surface area (Å²) in [4.78, 5) is 10.6. The van der Waals surface area contributed by atoms with Crippen LogP contribution in [0.1, 0.15) is 17.8 Å². The lowest BCUT2D eigenvalue weighted by atomic mass is 10.2. The first-order valence-corrected chi connectivity index (χ1v) is 5.29. The number of carboxylic acids is 1. The molecule has 7 heteroatoms. The van der Waals surface area contributed by atoms with Crippen LogP contribution in [-0.2, 0) is 4.79 Å². The van der Waals surface area contributed by atoms with E-state index in [2.05, 4.69) is 0 Å². The summed E-state index contributed by atoms with van der Waals surface area (Å²) in [6.45, 7) is 1.18. The summed E-state index contributed by atoms with van der Waals surface area (Å²) < 4.78 is 38.0. The second-order valence-electron chi connectivity index (χ2n) is 3.22. The van der Waals surface area contributed by atoms with Gasteiger partial charge in [-0.2, -0.15) is 13.2 Å². The first-order valence-electron chi connectivity index (χ1n) is 4.41. The highest BCUT2D eigenvalue weighted by atomic mass is 32.1. The van der Waals surface area contributed by atoms with Gasteiger partial charge in [0, 0.05) is 4.88 Å². The molecule has 16 heavy (non-hydrogen) atoms. The van der Waals surface area contributed by atoms with E-state index in [1.807, 2.05) is 5.32 Å². The quantitative estimate of drug-likeness (QED) is 0.866. The van der Waals surface area contributed by atoms with Gasteiger partial charge in [0.25, 0.3) is 0 Å². The fourth-order valence-corrected chi connectivity index (χ4v) is 1.92. The largest absolute Gasteiger partial charge is 0.480 e. The van der Waals surface area contributed by atoms with Gasteiger partial charge in [0.2, 0.25) is 0 Å². The normalized spacial score (nSPS) is 15.8. The van der Waals surface area contributed by atoms with E-state index < -0.39 is 24.2 Å². The third-order valence-electron chi connectivity index (χ3n) is 1.94. The summed E-state index contributed by atoms with van der Waals surface area (Å²) in [5.74, 6) is -1.31. The van der Waals surface area contributed by atoms with Crippen molar-refractivity contribution < 1.29 is 23.1 Å². The predicted molar refractivity (Wildman–Crippen MR) is 53.3 cm³/mol. The average Bonchev–Trinajstić information content (AvgIpc) is 2.63. The molecular formula is C9H10F3NO2S. The Morgan fingerprint density at radius 3 is 2.56 bits per heavy atom. The van der Waals surface area contributed by atoms with Crippen LogP contribution in [-0.4, -0.2) is 23.3 Å². The Balaban J connectivity index is 2.86. The number of carboxylic acid groups (broad SMARTS) is 1. The monoisotopic (exact) mass is 253 g/mol. The number of halogens is 3. The molecule has 0 amide bonds. The number of hydrogen-bond acceptors (Lipinski definition) is 3. The molecule has 0 bridgehead atoms. The Morgan fingerprint density at radius 1 is 1.56 bits per heavy atom. The van der Waals surface area contributed by atoms with Crippen molar-refractivity contribution in [1.29, 1.82) is 0 Å². The molecular weight excluding hydrogens is 243 g/mol. The minimum atomic E-state index is -4.51. The van der Waals surface area contributed by atoms with Gasteiger partial charge in [-0.3, -0.25) is 10.1 Å². The maximum absolute atomic E-state index is 12.7. The molecule has 0 radical (unpaired) electrons. The lowest BCUT2D eigenvalue weighted by Crippen LogP contribution is -2.42. The van der Waals surface area contributed by atoms with E-state index in [0.717, 1.165) is 11.3 Å². The van der Waals surface area contributed by atoms with E-state index in [0.29, 0.717) is 0 Å². The Bertz CT molecular complexity index is 350. The minimum Gasteiger partial charge on any atom is -0.480 e. The number of alkyl halides is 3. The molecule has 0 aromatic carbocycles. The molecule has 3 nitrogen and oxygen atoms in total. The summed E-state index contributed by atoms with van der Waals surface area (Å²) in [6, 6.07) is -0.372. The maximum atomic E-state index is 12.7. The Labute approximate surface area is 93.9 Å². The molecule has 1 aromatic heterocycles. The van der Waals surface area contributed by atoms with Gasteiger partial charge in [0.1, 0.15) is 12.1 Å². The topological polar surface area (TPSA) is 49.3 Å². The van der Waals surface area contributed by atoms with Crippen LogP contribution in [0.3, 0.4) is 0 Å². The van der Waals surface area contributed by atoms with Crippen molar-refractivity contribution in [3.8, 4) is 0 Å². The van der Waals surface area contributed by atoms with Crippen molar-refractivity contribution >= 4 is 17.3 Å². The number of hydrogen-bond donors (Lipinski definition) is 2. The second-order valence-corrected chi connectivity index (χ2v) is 4.20. The van der Waals surface area contributed by atoms with Gasteiger partial charge in [0.05, 0.1) is 0 Å². The lowest BCUT2D eigenvalue weighted by molar-refractivity contribution is -0.162. The zero-order chi connectivity index (χ0) is 12.3. The average molecular weight is 253 g/mol. The van der Waals surface area contributed by atoms with Crippen LogP contribution < -0.4 is 5.32 Å². The highest BCUT2D eigenvalue weighted by Crippen LogP contribution is 2.35. The molecule has 90 valence electrons. The van der Waals surface area contributed by atoms with Crippen molar-refractivity contribution in [3.05, 3.63) is 22.4 Å². The summed E-state index contributed by atoms with van der Waals surface area (Å²) in [5.41, 5.74) is 0. The van der Waals surface area contributed by atoms with E-state index >= 15 is 0 Å². The number of carbonyl (C=O) groups is 1. The fourth-order valence-electron chi connectivity index (χ4n) is 1.11. The molecule has 2 atom stereocenters. The minimum absolute atomic E-state index is 0.0561. The first-order chi connectivity index (χ1) is 7.32. The molecule has 0 aliphatic rings. The highest BCUT2D eigenvalue weighted by molar-refractivity contribution is 7.10. The predicted octanol–water partition coefficient (Wildman–Crippen LogP) is 2.41. The number of thiophene rings is 1. The number of nitrogens with one attached hydrogen (secondary N) is 1. The van der Waals surface area contributed by atoms with Crippen LogP contribution in [0, 0.1) is 0 Å². The molecule has 0 aliphatic carbocycles.